The Balaban J connectivity index is 1.80. The number of phenols is 1. The van der Waals surface area contributed by atoms with Gasteiger partial charge in [0.15, 0.2) is 0 Å². The molecule has 0 unspecified atom stereocenters. The average molecular weight is 231 g/mol. The Bertz CT molecular complexity index is 466. The average Bonchev–Trinajstić information content (AvgIpc) is 2.83. The highest BCUT2D eigenvalue weighted by molar-refractivity contribution is 5.39. The second-order valence-corrected chi connectivity index (χ2v) is 4.06. The molecule has 4 heteroatoms. The van der Waals surface area contributed by atoms with Crippen molar-refractivity contribution in [3.8, 4) is 5.75 Å². The van der Waals surface area contributed by atoms with Crippen LogP contribution in [0.4, 0.5) is 0 Å². The normalized spacial score (nSPS) is 10.6. The summed E-state index contributed by atoms with van der Waals surface area (Å²) >= 11 is 0. The molecule has 1 aromatic heterocycles. The number of aromatic nitrogens is 2. The molecule has 0 amide bonds. The standard InChI is InChI=1S/C13H17N3O/c1-11-3-2-4-12(13(11)17)9-14-5-7-16-8-6-15-10-16/h2-4,6,8,10,14,17H,5,7,9H2,1H3. The van der Waals surface area contributed by atoms with Gasteiger partial charge in [-0.25, -0.2) is 4.98 Å². The summed E-state index contributed by atoms with van der Waals surface area (Å²) in [6.45, 7) is 4.32. The number of phenolic OH excluding ortho intramolecular Hbond substituents is 1. The molecule has 1 aromatic carbocycles. The third-order valence-corrected chi connectivity index (χ3v) is 2.74. The maximum Gasteiger partial charge on any atom is 0.122 e. The molecule has 0 aliphatic heterocycles. The smallest absolute Gasteiger partial charge is 0.122 e. The molecular weight excluding hydrogens is 214 g/mol. The number of aryl methyl sites for hydroxylation is 1. The second kappa shape index (κ2) is 5.50. The van der Waals surface area contributed by atoms with Gasteiger partial charge in [-0.3, -0.25) is 0 Å². The Kier molecular flexibility index (Phi) is 3.77. The van der Waals surface area contributed by atoms with Crippen molar-refractivity contribution >= 4 is 0 Å². The summed E-state index contributed by atoms with van der Waals surface area (Å²) in [5.41, 5.74) is 1.86. The zero-order valence-electron chi connectivity index (χ0n) is 9.93. The van der Waals surface area contributed by atoms with Gasteiger partial charge in [-0.1, -0.05) is 18.2 Å². The highest BCUT2D eigenvalue weighted by Crippen LogP contribution is 2.20. The van der Waals surface area contributed by atoms with E-state index >= 15 is 0 Å². The fourth-order valence-electron chi connectivity index (χ4n) is 1.71. The van der Waals surface area contributed by atoms with E-state index in [-0.39, 0.29) is 0 Å². The molecule has 0 aliphatic carbocycles. The van der Waals surface area contributed by atoms with Crippen LogP contribution in [0.2, 0.25) is 0 Å². The summed E-state index contributed by atoms with van der Waals surface area (Å²) in [5.74, 6) is 0.391. The lowest BCUT2D eigenvalue weighted by molar-refractivity contribution is 0.459. The fourth-order valence-corrected chi connectivity index (χ4v) is 1.71. The number of aromatic hydroxyl groups is 1. The molecule has 0 bridgehead atoms. The first-order valence-electron chi connectivity index (χ1n) is 5.71. The quantitative estimate of drug-likeness (QED) is 0.770. The van der Waals surface area contributed by atoms with Crippen LogP contribution in [-0.4, -0.2) is 21.2 Å². The Morgan fingerprint density at radius 3 is 3.06 bits per heavy atom. The van der Waals surface area contributed by atoms with Crippen LogP contribution in [0.5, 0.6) is 5.75 Å². The van der Waals surface area contributed by atoms with Gasteiger partial charge in [-0.05, 0) is 12.5 Å². The number of rotatable bonds is 5. The van der Waals surface area contributed by atoms with E-state index < -0.39 is 0 Å². The van der Waals surface area contributed by atoms with Gasteiger partial charge in [0.1, 0.15) is 5.75 Å². The van der Waals surface area contributed by atoms with E-state index in [9.17, 15) is 5.11 Å². The van der Waals surface area contributed by atoms with E-state index in [2.05, 4.69) is 10.3 Å². The molecule has 2 N–H and O–H groups in total. The van der Waals surface area contributed by atoms with Gasteiger partial charge in [0.05, 0.1) is 6.33 Å². The van der Waals surface area contributed by atoms with Crippen molar-refractivity contribution in [3.63, 3.8) is 0 Å². The molecule has 0 saturated carbocycles. The van der Waals surface area contributed by atoms with Crippen LogP contribution >= 0.6 is 0 Å². The lowest BCUT2D eigenvalue weighted by Gasteiger charge is -2.08. The van der Waals surface area contributed by atoms with E-state index in [0.717, 1.165) is 24.2 Å². The summed E-state index contributed by atoms with van der Waals surface area (Å²) in [6, 6.07) is 5.80. The monoisotopic (exact) mass is 231 g/mol. The van der Waals surface area contributed by atoms with Crippen LogP contribution in [0, 0.1) is 6.92 Å². The van der Waals surface area contributed by atoms with E-state index in [4.69, 9.17) is 0 Å². The largest absolute Gasteiger partial charge is 0.507 e. The van der Waals surface area contributed by atoms with Crippen molar-refractivity contribution in [1.29, 1.82) is 0 Å². The Labute approximate surface area is 101 Å². The second-order valence-electron chi connectivity index (χ2n) is 4.06. The van der Waals surface area contributed by atoms with Crippen LogP contribution in [0.1, 0.15) is 11.1 Å². The fraction of sp³-hybridized carbons (Fsp3) is 0.308. The lowest BCUT2D eigenvalue weighted by Crippen LogP contribution is -2.19. The molecule has 2 rings (SSSR count). The van der Waals surface area contributed by atoms with Crippen LogP contribution in [0.3, 0.4) is 0 Å². The molecule has 4 nitrogen and oxygen atoms in total. The molecule has 0 atom stereocenters. The van der Waals surface area contributed by atoms with Crippen molar-refractivity contribution in [1.82, 2.24) is 14.9 Å². The van der Waals surface area contributed by atoms with Gasteiger partial charge in [-0.2, -0.15) is 0 Å². The predicted molar refractivity (Wildman–Crippen MR) is 66.8 cm³/mol. The lowest BCUT2D eigenvalue weighted by atomic mass is 10.1. The number of imidazole rings is 1. The van der Waals surface area contributed by atoms with Gasteiger partial charge >= 0.3 is 0 Å². The van der Waals surface area contributed by atoms with E-state index in [0.29, 0.717) is 12.3 Å². The molecule has 17 heavy (non-hydrogen) atoms. The minimum atomic E-state index is 0.391. The van der Waals surface area contributed by atoms with Crippen molar-refractivity contribution in [2.75, 3.05) is 6.54 Å². The number of hydrogen-bond acceptors (Lipinski definition) is 3. The van der Waals surface area contributed by atoms with E-state index in [1.807, 2.05) is 35.9 Å². The summed E-state index contributed by atoms with van der Waals surface area (Å²) in [6.07, 6.45) is 5.50. The van der Waals surface area contributed by atoms with Crippen molar-refractivity contribution < 1.29 is 5.11 Å². The third kappa shape index (κ3) is 3.07. The molecule has 0 aliphatic rings. The van der Waals surface area contributed by atoms with Crippen LogP contribution in [0.25, 0.3) is 0 Å². The number of hydrogen-bond donors (Lipinski definition) is 2. The van der Waals surface area contributed by atoms with Crippen molar-refractivity contribution in [3.05, 3.63) is 48.0 Å². The Morgan fingerprint density at radius 1 is 1.41 bits per heavy atom. The first-order valence-corrected chi connectivity index (χ1v) is 5.71. The first kappa shape index (κ1) is 11.7. The maximum atomic E-state index is 9.83. The van der Waals surface area contributed by atoms with E-state index in [1.165, 1.54) is 0 Å². The highest BCUT2D eigenvalue weighted by Gasteiger charge is 2.02. The minimum absolute atomic E-state index is 0.391. The number of para-hydroxylation sites is 1. The Hall–Kier alpha value is -1.81. The molecule has 0 spiro atoms. The third-order valence-electron chi connectivity index (χ3n) is 2.74. The zero-order valence-corrected chi connectivity index (χ0v) is 9.93. The van der Waals surface area contributed by atoms with Gasteiger partial charge in [-0.15, -0.1) is 0 Å². The summed E-state index contributed by atoms with van der Waals surface area (Å²) in [5, 5.41) is 13.1. The van der Waals surface area contributed by atoms with E-state index in [1.54, 1.807) is 12.5 Å². The van der Waals surface area contributed by atoms with Crippen molar-refractivity contribution in [2.45, 2.75) is 20.0 Å². The molecule has 90 valence electrons. The number of nitrogens with zero attached hydrogens (tertiary/aromatic N) is 2. The first-order chi connectivity index (χ1) is 8.27. The molecular formula is C13H17N3O. The summed E-state index contributed by atoms with van der Waals surface area (Å²) < 4.78 is 2.02. The number of nitrogens with one attached hydrogen (secondary N) is 1. The molecule has 1 heterocycles. The summed E-state index contributed by atoms with van der Waals surface area (Å²) in [7, 11) is 0. The van der Waals surface area contributed by atoms with Gasteiger partial charge in [0.25, 0.3) is 0 Å². The van der Waals surface area contributed by atoms with Gasteiger partial charge < -0.3 is 15.0 Å². The topological polar surface area (TPSA) is 50.1 Å². The van der Waals surface area contributed by atoms with Crippen LogP contribution in [-0.2, 0) is 13.1 Å². The molecule has 0 fully saturated rings. The SMILES string of the molecule is Cc1cccc(CNCCn2ccnc2)c1O. The maximum absolute atomic E-state index is 9.83. The molecule has 0 radical (unpaired) electrons. The Morgan fingerprint density at radius 2 is 2.29 bits per heavy atom. The zero-order chi connectivity index (χ0) is 12.1. The van der Waals surface area contributed by atoms with Crippen LogP contribution < -0.4 is 5.32 Å². The molecule has 2 aromatic rings. The molecule has 0 saturated heterocycles. The van der Waals surface area contributed by atoms with Gasteiger partial charge in [0.2, 0.25) is 0 Å². The minimum Gasteiger partial charge on any atom is -0.507 e. The highest BCUT2D eigenvalue weighted by atomic mass is 16.3. The number of benzene rings is 1. The van der Waals surface area contributed by atoms with Crippen LogP contribution in [0.15, 0.2) is 36.9 Å². The summed E-state index contributed by atoms with van der Waals surface area (Å²) in [4.78, 5) is 3.98. The van der Waals surface area contributed by atoms with Gasteiger partial charge in [0, 0.05) is 37.6 Å². The van der Waals surface area contributed by atoms with Crippen molar-refractivity contribution in [2.24, 2.45) is 0 Å². The predicted octanol–water partition coefficient (Wildman–Crippen LogP) is 1.69.